The first kappa shape index (κ1) is 19.2. The van der Waals surface area contributed by atoms with E-state index in [1.54, 1.807) is 24.8 Å². The van der Waals surface area contributed by atoms with Crippen LogP contribution in [0.15, 0.2) is 42.5 Å². The van der Waals surface area contributed by atoms with Crippen LogP contribution in [0.2, 0.25) is 0 Å². The van der Waals surface area contributed by atoms with Crippen molar-refractivity contribution < 1.29 is 14.3 Å². The van der Waals surface area contributed by atoms with Gasteiger partial charge in [-0.1, -0.05) is 6.07 Å². The van der Waals surface area contributed by atoms with Gasteiger partial charge in [-0.3, -0.25) is 4.79 Å². The molecule has 0 saturated carbocycles. The van der Waals surface area contributed by atoms with E-state index in [2.05, 4.69) is 15.2 Å². The number of benzene rings is 1. The highest BCUT2D eigenvalue weighted by atomic mass is 19.1. The molecule has 1 atom stereocenters. The number of amides is 1. The Morgan fingerprint density at radius 1 is 1.14 bits per heavy atom. The van der Waals surface area contributed by atoms with Crippen molar-refractivity contribution in [3.8, 4) is 11.5 Å². The number of hydrogen-bond acceptors (Lipinski definition) is 5. The molecule has 1 amide bonds. The maximum atomic E-state index is 13.2. The minimum Gasteiger partial charge on any atom is -0.384 e. The summed E-state index contributed by atoms with van der Waals surface area (Å²) >= 11 is 0. The first-order valence-corrected chi connectivity index (χ1v) is 9.45. The van der Waals surface area contributed by atoms with Gasteiger partial charge in [0.25, 0.3) is 5.91 Å². The fourth-order valence-corrected chi connectivity index (χ4v) is 3.51. The lowest BCUT2D eigenvalue weighted by Crippen LogP contribution is -2.41. The number of aliphatic hydroxyl groups is 1. The van der Waals surface area contributed by atoms with Crippen molar-refractivity contribution in [1.82, 2.24) is 24.6 Å². The zero-order valence-corrected chi connectivity index (χ0v) is 16.5. The van der Waals surface area contributed by atoms with Gasteiger partial charge in [0.1, 0.15) is 17.1 Å². The Hall–Kier alpha value is -3.13. The van der Waals surface area contributed by atoms with Gasteiger partial charge in [-0.15, -0.1) is 10.2 Å². The van der Waals surface area contributed by atoms with Crippen molar-refractivity contribution >= 4 is 5.91 Å². The van der Waals surface area contributed by atoms with Crippen LogP contribution in [0.4, 0.5) is 4.39 Å². The Bertz CT molecular complexity index is 1060. The fraction of sp³-hybridized carbons (Fsp3) is 0.333. The summed E-state index contributed by atoms with van der Waals surface area (Å²) in [4.78, 5) is 19.1. The third-order valence-electron chi connectivity index (χ3n) is 5.14. The van der Waals surface area contributed by atoms with E-state index in [1.165, 1.54) is 24.3 Å². The third-order valence-corrected chi connectivity index (χ3v) is 5.14. The molecule has 1 N–H and O–H groups in total. The molecule has 1 aliphatic heterocycles. The van der Waals surface area contributed by atoms with Gasteiger partial charge >= 0.3 is 0 Å². The maximum Gasteiger partial charge on any atom is 0.254 e. The molecule has 0 saturated heterocycles. The second-order valence-corrected chi connectivity index (χ2v) is 7.68. The SMILES string of the molecule is CC1c2nnc(-c3cccc(C(C)(C)O)n3)n2CCN1C(=O)c1ccc(F)cc1. The molecule has 0 fully saturated rings. The van der Waals surface area contributed by atoms with E-state index in [-0.39, 0.29) is 17.8 Å². The van der Waals surface area contributed by atoms with Gasteiger partial charge in [0.2, 0.25) is 0 Å². The zero-order valence-electron chi connectivity index (χ0n) is 16.5. The monoisotopic (exact) mass is 395 g/mol. The number of aromatic nitrogens is 4. The number of rotatable bonds is 3. The van der Waals surface area contributed by atoms with E-state index in [4.69, 9.17) is 0 Å². The summed E-state index contributed by atoms with van der Waals surface area (Å²) < 4.78 is 15.1. The number of hydrogen-bond donors (Lipinski definition) is 1. The van der Waals surface area contributed by atoms with Crippen molar-refractivity contribution in [1.29, 1.82) is 0 Å². The van der Waals surface area contributed by atoms with Crippen molar-refractivity contribution in [3.63, 3.8) is 0 Å². The summed E-state index contributed by atoms with van der Waals surface area (Å²) in [7, 11) is 0. The first-order chi connectivity index (χ1) is 13.8. The highest BCUT2D eigenvalue weighted by Gasteiger charge is 2.32. The summed E-state index contributed by atoms with van der Waals surface area (Å²) in [6, 6.07) is 10.7. The standard InChI is InChI=1S/C21H22FN5O2/c1-13-18-24-25-19(16-5-4-6-17(23-16)21(2,3)29)27(18)12-11-26(13)20(28)14-7-9-15(22)10-8-14/h4-10,13,29H,11-12H2,1-3H3. The molecule has 8 heteroatoms. The minimum atomic E-state index is -1.06. The Kier molecular flexibility index (Phi) is 4.66. The Balaban J connectivity index is 1.64. The zero-order chi connectivity index (χ0) is 20.8. The van der Waals surface area contributed by atoms with Crippen LogP contribution in [-0.2, 0) is 12.1 Å². The number of nitrogens with zero attached hydrogens (tertiary/aromatic N) is 5. The molecule has 150 valence electrons. The smallest absolute Gasteiger partial charge is 0.254 e. The molecule has 4 rings (SSSR count). The van der Waals surface area contributed by atoms with Gasteiger partial charge in [0.15, 0.2) is 11.6 Å². The van der Waals surface area contributed by atoms with Crippen LogP contribution in [0.5, 0.6) is 0 Å². The predicted molar refractivity (Wildman–Crippen MR) is 104 cm³/mol. The number of carbonyl (C=O) groups excluding carboxylic acids is 1. The summed E-state index contributed by atoms with van der Waals surface area (Å²) in [6.07, 6.45) is 0. The molecule has 7 nitrogen and oxygen atoms in total. The van der Waals surface area contributed by atoms with Gasteiger partial charge in [-0.2, -0.15) is 0 Å². The van der Waals surface area contributed by atoms with E-state index < -0.39 is 5.60 Å². The Morgan fingerprint density at radius 2 is 1.86 bits per heavy atom. The quantitative estimate of drug-likeness (QED) is 0.737. The van der Waals surface area contributed by atoms with Gasteiger partial charge in [-0.25, -0.2) is 9.37 Å². The van der Waals surface area contributed by atoms with E-state index in [1.807, 2.05) is 23.6 Å². The van der Waals surface area contributed by atoms with Gasteiger partial charge in [0.05, 0.1) is 11.7 Å². The topological polar surface area (TPSA) is 84.1 Å². The second-order valence-electron chi connectivity index (χ2n) is 7.68. The molecule has 1 aromatic carbocycles. The summed E-state index contributed by atoms with van der Waals surface area (Å²) in [5.41, 5.74) is 0.538. The largest absolute Gasteiger partial charge is 0.384 e. The van der Waals surface area contributed by atoms with E-state index in [0.717, 1.165) is 0 Å². The maximum absolute atomic E-state index is 13.2. The Morgan fingerprint density at radius 3 is 2.55 bits per heavy atom. The van der Waals surface area contributed by atoms with Crippen LogP contribution >= 0.6 is 0 Å². The Labute approximate surface area is 167 Å². The normalized spacial score (nSPS) is 16.6. The summed E-state index contributed by atoms with van der Waals surface area (Å²) in [6.45, 7) is 6.24. The molecule has 1 aliphatic rings. The van der Waals surface area contributed by atoms with Crippen LogP contribution in [0.1, 0.15) is 48.7 Å². The molecule has 3 heterocycles. The highest BCUT2D eigenvalue weighted by Crippen LogP contribution is 2.29. The van der Waals surface area contributed by atoms with Crippen LogP contribution < -0.4 is 0 Å². The second kappa shape index (κ2) is 7.04. The lowest BCUT2D eigenvalue weighted by molar-refractivity contribution is 0.0637. The van der Waals surface area contributed by atoms with E-state index in [0.29, 0.717) is 41.7 Å². The van der Waals surface area contributed by atoms with Gasteiger partial charge in [0, 0.05) is 18.7 Å². The minimum absolute atomic E-state index is 0.171. The number of pyridine rings is 1. The van der Waals surface area contributed by atoms with Crippen molar-refractivity contribution in [2.45, 2.75) is 39.0 Å². The van der Waals surface area contributed by atoms with Crippen LogP contribution in [0.3, 0.4) is 0 Å². The summed E-state index contributed by atoms with van der Waals surface area (Å²) in [5.74, 6) is 0.720. The molecular weight excluding hydrogens is 373 g/mol. The molecule has 0 aliphatic carbocycles. The van der Waals surface area contributed by atoms with Crippen LogP contribution in [0.25, 0.3) is 11.5 Å². The molecule has 0 spiro atoms. The van der Waals surface area contributed by atoms with E-state index in [9.17, 15) is 14.3 Å². The average molecular weight is 395 g/mol. The number of fused-ring (bicyclic) bond motifs is 1. The lowest BCUT2D eigenvalue weighted by Gasteiger charge is -2.33. The fourth-order valence-electron chi connectivity index (χ4n) is 3.51. The van der Waals surface area contributed by atoms with Crippen LogP contribution in [-0.4, -0.2) is 42.2 Å². The molecule has 2 aromatic heterocycles. The van der Waals surface area contributed by atoms with Gasteiger partial charge in [-0.05, 0) is 57.2 Å². The predicted octanol–water partition coefficient (Wildman–Crippen LogP) is 2.92. The first-order valence-electron chi connectivity index (χ1n) is 9.45. The van der Waals surface area contributed by atoms with E-state index >= 15 is 0 Å². The van der Waals surface area contributed by atoms with Gasteiger partial charge < -0.3 is 14.6 Å². The molecule has 0 radical (unpaired) electrons. The average Bonchev–Trinajstić information content (AvgIpc) is 3.13. The molecular formula is C21H22FN5O2. The molecule has 0 bridgehead atoms. The summed E-state index contributed by atoms with van der Waals surface area (Å²) in [5, 5.41) is 18.8. The van der Waals surface area contributed by atoms with Crippen molar-refractivity contribution in [3.05, 3.63) is 65.4 Å². The van der Waals surface area contributed by atoms with Crippen molar-refractivity contribution in [2.24, 2.45) is 0 Å². The third kappa shape index (κ3) is 3.51. The lowest BCUT2D eigenvalue weighted by atomic mass is 10.0. The molecule has 3 aromatic rings. The highest BCUT2D eigenvalue weighted by molar-refractivity contribution is 5.94. The number of halogens is 1. The van der Waals surface area contributed by atoms with Crippen molar-refractivity contribution in [2.75, 3.05) is 6.54 Å². The number of carbonyl (C=O) groups is 1. The van der Waals surface area contributed by atoms with Crippen LogP contribution in [0, 0.1) is 5.82 Å². The molecule has 29 heavy (non-hydrogen) atoms. The molecule has 1 unspecified atom stereocenters.